The van der Waals surface area contributed by atoms with Crippen LogP contribution < -0.4 is 10.6 Å². The summed E-state index contributed by atoms with van der Waals surface area (Å²) in [5.41, 5.74) is 8.96. The molecule has 1 fully saturated rings. The molecule has 1 aliphatic heterocycles. The number of amides is 1. The van der Waals surface area contributed by atoms with Gasteiger partial charge in [-0.1, -0.05) is 18.2 Å². The number of anilines is 1. The van der Waals surface area contributed by atoms with Crippen molar-refractivity contribution in [2.24, 2.45) is 11.7 Å². The van der Waals surface area contributed by atoms with Crippen LogP contribution in [0.3, 0.4) is 0 Å². The summed E-state index contributed by atoms with van der Waals surface area (Å²) in [5, 5.41) is 0. The first-order valence-electron chi connectivity index (χ1n) is 6.49. The van der Waals surface area contributed by atoms with Crippen molar-refractivity contribution in [1.29, 1.82) is 0 Å². The maximum Gasteiger partial charge on any atom is 0.227 e. The lowest BCUT2D eigenvalue weighted by molar-refractivity contribution is -0.117. The van der Waals surface area contributed by atoms with E-state index >= 15 is 0 Å². The Balaban J connectivity index is 2.53. The average Bonchev–Trinajstić information content (AvgIpc) is 2.51. The fourth-order valence-corrected chi connectivity index (χ4v) is 3.00. The van der Waals surface area contributed by atoms with Crippen LogP contribution in [0.1, 0.15) is 31.4 Å². The molecule has 98 valence electrons. The Bertz CT molecular complexity index is 459. The number of benzene rings is 1. The zero-order chi connectivity index (χ0) is 13.5. The van der Waals surface area contributed by atoms with Crippen LogP contribution in [0.15, 0.2) is 18.2 Å². The molecule has 0 bridgehead atoms. The van der Waals surface area contributed by atoms with Crippen molar-refractivity contribution < 1.29 is 4.79 Å². The molecular weight excluding hydrogens is 224 g/mol. The van der Waals surface area contributed by atoms with Gasteiger partial charge in [0.05, 0.1) is 5.69 Å². The van der Waals surface area contributed by atoms with Gasteiger partial charge in [-0.25, -0.2) is 0 Å². The zero-order valence-corrected chi connectivity index (χ0v) is 11.7. The summed E-state index contributed by atoms with van der Waals surface area (Å²) in [4.78, 5) is 14.3. The summed E-state index contributed by atoms with van der Waals surface area (Å²) in [5.74, 6) is 0.414. The third kappa shape index (κ3) is 1.83. The molecule has 2 rings (SSSR count). The van der Waals surface area contributed by atoms with Crippen LogP contribution in [0, 0.1) is 19.8 Å². The van der Waals surface area contributed by atoms with Gasteiger partial charge in [0.1, 0.15) is 0 Å². The fraction of sp³-hybridized carbons (Fsp3) is 0.533. The first kappa shape index (κ1) is 13.1. The van der Waals surface area contributed by atoms with Crippen LogP contribution in [0.25, 0.3) is 0 Å². The number of carbonyl (C=O) groups is 1. The van der Waals surface area contributed by atoms with E-state index < -0.39 is 0 Å². The smallest absolute Gasteiger partial charge is 0.227 e. The quantitative estimate of drug-likeness (QED) is 0.871. The van der Waals surface area contributed by atoms with Gasteiger partial charge in [0, 0.05) is 17.9 Å². The number of rotatable bonds is 2. The lowest BCUT2D eigenvalue weighted by atomic mass is 9.88. The zero-order valence-electron chi connectivity index (χ0n) is 11.7. The molecule has 1 unspecified atom stereocenters. The summed E-state index contributed by atoms with van der Waals surface area (Å²) < 4.78 is 0. The van der Waals surface area contributed by atoms with Crippen LogP contribution in [0.4, 0.5) is 5.69 Å². The molecule has 0 aromatic heterocycles. The van der Waals surface area contributed by atoms with Crippen LogP contribution >= 0.6 is 0 Å². The molecule has 1 saturated heterocycles. The number of nitrogens with zero attached hydrogens (tertiary/aromatic N) is 1. The Hall–Kier alpha value is -1.35. The number of para-hydroxylation sites is 1. The molecule has 0 spiro atoms. The second-order valence-electron chi connectivity index (χ2n) is 5.76. The van der Waals surface area contributed by atoms with Gasteiger partial charge < -0.3 is 10.6 Å². The van der Waals surface area contributed by atoms with Crippen molar-refractivity contribution >= 4 is 11.6 Å². The molecule has 0 aliphatic carbocycles. The minimum Gasteiger partial charge on any atom is -0.330 e. The molecule has 0 saturated carbocycles. The van der Waals surface area contributed by atoms with E-state index in [9.17, 15) is 4.79 Å². The predicted octanol–water partition coefficient (Wildman–Crippen LogP) is 2.39. The maximum absolute atomic E-state index is 12.3. The lowest BCUT2D eigenvalue weighted by Crippen LogP contribution is -2.46. The molecular formula is C15H22N2O. The molecule has 2 N–H and O–H groups in total. The molecule has 1 heterocycles. The normalized spacial score (nSPS) is 22.6. The van der Waals surface area contributed by atoms with E-state index in [0.717, 1.165) is 16.8 Å². The lowest BCUT2D eigenvalue weighted by Gasteiger charge is -2.37. The van der Waals surface area contributed by atoms with E-state index in [-0.39, 0.29) is 17.4 Å². The average molecular weight is 246 g/mol. The largest absolute Gasteiger partial charge is 0.330 e. The Morgan fingerprint density at radius 2 is 1.89 bits per heavy atom. The topological polar surface area (TPSA) is 46.3 Å². The Labute approximate surface area is 109 Å². The van der Waals surface area contributed by atoms with E-state index in [1.807, 2.05) is 11.0 Å². The summed E-state index contributed by atoms with van der Waals surface area (Å²) in [6.07, 6.45) is 0.553. The third-order valence-corrected chi connectivity index (χ3v) is 4.19. The van der Waals surface area contributed by atoms with E-state index in [1.54, 1.807) is 0 Å². The number of hydrogen-bond acceptors (Lipinski definition) is 2. The molecule has 1 aromatic rings. The van der Waals surface area contributed by atoms with Gasteiger partial charge in [-0.15, -0.1) is 0 Å². The van der Waals surface area contributed by atoms with Gasteiger partial charge in [0.15, 0.2) is 0 Å². The summed E-state index contributed by atoms with van der Waals surface area (Å²) in [7, 11) is 0. The van der Waals surface area contributed by atoms with Crippen LogP contribution in [-0.4, -0.2) is 18.0 Å². The minimum absolute atomic E-state index is 0.188. The summed E-state index contributed by atoms with van der Waals surface area (Å²) >= 11 is 0. The van der Waals surface area contributed by atoms with Crippen molar-refractivity contribution in [3.63, 3.8) is 0 Å². The third-order valence-electron chi connectivity index (χ3n) is 4.19. The standard InChI is InChI=1S/C15H22N2O/c1-10-6-5-7-11(2)14(10)17-13(18)8-12(9-16)15(17,3)4/h5-7,12H,8-9,16H2,1-4H3. The number of carbonyl (C=O) groups excluding carboxylic acids is 1. The second kappa shape index (κ2) is 4.39. The van der Waals surface area contributed by atoms with Crippen LogP contribution in [0.5, 0.6) is 0 Å². The van der Waals surface area contributed by atoms with Gasteiger partial charge >= 0.3 is 0 Å². The van der Waals surface area contributed by atoms with Gasteiger partial charge in [-0.3, -0.25) is 4.79 Å². The molecule has 0 radical (unpaired) electrons. The Morgan fingerprint density at radius 3 is 2.33 bits per heavy atom. The molecule has 1 atom stereocenters. The Morgan fingerprint density at radius 1 is 1.33 bits per heavy atom. The highest BCUT2D eigenvalue weighted by molar-refractivity contribution is 5.99. The molecule has 1 aliphatic rings. The van der Waals surface area contributed by atoms with Crippen LogP contribution in [0.2, 0.25) is 0 Å². The SMILES string of the molecule is Cc1cccc(C)c1N1C(=O)CC(CN)C1(C)C. The number of nitrogens with two attached hydrogens (primary N) is 1. The first-order valence-corrected chi connectivity index (χ1v) is 6.49. The number of hydrogen-bond donors (Lipinski definition) is 1. The molecule has 18 heavy (non-hydrogen) atoms. The van der Waals surface area contributed by atoms with Gasteiger partial charge in [-0.2, -0.15) is 0 Å². The monoisotopic (exact) mass is 246 g/mol. The van der Waals surface area contributed by atoms with Gasteiger partial charge in [0.2, 0.25) is 5.91 Å². The highest BCUT2D eigenvalue weighted by atomic mass is 16.2. The maximum atomic E-state index is 12.3. The van der Waals surface area contributed by atoms with Crippen LogP contribution in [-0.2, 0) is 4.79 Å². The highest BCUT2D eigenvalue weighted by Gasteiger charge is 2.46. The first-order chi connectivity index (χ1) is 8.39. The van der Waals surface area contributed by atoms with E-state index in [0.29, 0.717) is 13.0 Å². The van der Waals surface area contributed by atoms with Crippen molar-refractivity contribution in [3.8, 4) is 0 Å². The summed E-state index contributed by atoms with van der Waals surface area (Å²) in [6.45, 7) is 8.89. The fourth-order valence-electron chi connectivity index (χ4n) is 3.00. The highest BCUT2D eigenvalue weighted by Crippen LogP contribution is 2.41. The van der Waals surface area contributed by atoms with Crippen molar-refractivity contribution in [2.75, 3.05) is 11.4 Å². The van der Waals surface area contributed by atoms with Crippen molar-refractivity contribution in [1.82, 2.24) is 0 Å². The Kier molecular flexibility index (Phi) is 3.20. The van der Waals surface area contributed by atoms with Crippen molar-refractivity contribution in [2.45, 2.75) is 39.7 Å². The molecule has 3 heteroatoms. The molecule has 1 amide bonds. The number of aryl methyl sites for hydroxylation is 2. The summed E-state index contributed by atoms with van der Waals surface area (Å²) in [6, 6.07) is 6.14. The minimum atomic E-state index is -0.206. The van der Waals surface area contributed by atoms with Crippen molar-refractivity contribution in [3.05, 3.63) is 29.3 Å². The van der Waals surface area contributed by atoms with E-state index in [1.165, 1.54) is 0 Å². The molecule has 3 nitrogen and oxygen atoms in total. The van der Waals surface area contributed by atoms with Gasteiger partial charge in [0.25, 0.3) is 0 Å². The van der Waals surface area contributed by atoms with E-state index in [4.69, 9.17) is 5.73 Å². The van der Waals surface area contributed by atoms with E-state index in [2.05, 4.69) is 39.8 Å². The molecule has 1 aromatic carbocycles. The predicted molar refractivity (Wildman–Crippen MR) is 74.6 cm³/mol. The second-order valence-corrected chi connectivity index (χ2v) is 5.76. The van der Waals surface area contributed by atoms with Gasteiger partial charge in [-0.05, 0) is 45.4 Å².